The Morgan fingerprint density at radius 1 is 0.737 bits per heavy atom. The minimum Gasteiger partial charge on any atom is -0.457 e. The highest BCUT2D eigenvalue weighted by atomic mass is 16.5. The minimum atomic E-state index is -0.411. The minimum absolute atomic E-state index is 0.155. The highest BCUT2D eigenvalue weighted by Crippen LogP contribution is 2.66. The number of benzene rings is 4. The second kappa shape index (κ2) is 13.9. The highest BCUT2D eigenvalue weighted by molar-refractivity contribution is 6.12. The third kappa shape index (κ3) is 5.56. The lowest BCUT2D eigenvalue weighted by molar-refractivity contribution is 0.329. The summed E-state index contributed by atoms with van der Waals surface area (Å²) in [5.74, 6) is 3.20. The Hall–Kier alpha value is -5.99. The lowest BCUT2D eigenvalue weighted by Crippen LogP contribution is -2.42. The van der Waals surface area contributed by atoms with Crippen LogP contribution in [0.25, 0.3) is 16.7 Å². The molecule has 0 aromatic heterocycles. The summed E-state index contributed by atoms with van der Waals surface area (Å²) in [5, 5.41) is 0. The lowest BCUT2D eigenvalue weighted by Gasteiger charge is -2.45. The van der Waals surface area contributed by atoms with Gasteiger partial charge < -0.3 is 4.74 Å². The summed E-state index contributed by atoms with van der Waals surface area (Å²) in [7, 11) is 0. The van der Waals surface area contributed by atoms with Crippen LogP contribution in [0.15, 0.2) is 198 Å². The first-order valence-corrected chi connectivity index (χ1v) is 20.7. The molecule has 0 amide bonds. The number of rotatable bonds is 5. The largest absolute Gasteiger partial charge is 0.457 e. The van der Waals surface area contributed by atoms with Gasteiger partial charge in [-0.1, -0.05) is 178 Å². The maximum atomic E-state index is 6.79. The van der Waals surface area contributed by atoms with Crippen LogP contribution < -0.4 is 4.74 Å². The zero-order valence-electron chi connectivity index (χ0n) is 33.3. The van der Waals surface area contributed by atoms with E-state index in [1.165, 1.54) is 61.2 Å². The van der Waals surface area contributed by atoms with E-state index >= 15 is 0 Å². The molecule has 1 spiro atoms. The van der Waals surface area contributed by atoms with Crippen LogP contribution in [0.2, 0.25) is 0 Å². The van der Waals surface area contributed by atoms with Crippen molar-refractivity contribution in [2.45, 2.75) is 44.9 Å². The number of ether oxygens (including phenoxy) is 1. The molecule has 0 radical (unpaired) electrons. The maximum absolute atomic E-state index is 6.79. The van der Waals surface area contributed by atoms with E-state index in [2.05, 4.69) is 204 Å². The van der Waals surface area contributed by atoms with Gasteiger partial charge in [-0.2, -0.15) is 0 Å². The summed E-state index contributed by atoms with van der Waals surface area (Å²) < 4.78 is 6.79. The Labute approximate surface area is 338 Å². The van der Waals surface area contributed by atoms with E-state index in [4.69, 9.17) is 9.73 Å². The molecule has 1 heterocycles. The third-order valence-corrected chi connectivity index (χ3v) is 13.7. The molecule has 0 N–H and O–H groups in total. The van der Waals surface area contributed by atoms with Crippen molar-refractivity contribution in [3.05, 3.63) is 221 Å². The molecule has 2 heteroatoms. The monoisotopic (exact) mass is 739 g/mol. The third-order valence-electron chi connectivity index (χ3n) is 13.7. The molecule has 4 aromatic carbocycles. The zero-order valence-corrected chi connectivity index (χ0v) is 33.3. The summed E-state index contributed by atoms with van der Waals surface area (Å²) >= 11 is 0. The molecule has 6 atom stereocenters. The molecule has 0 fully saturated rings. The standard InChI is InChI=1S/C55H49NO/c1-36-17-5-6-18-41(36)35-56-50-25-13-9-19-43(50)38(3)42-30-28-39(33-37(42)2)44-20-7-8-21-45(44)40-29-31-52-49(34-40)55(48-24-12-14-26-51(48)57-52)47-23-11-10-22-46(47)54(4)32-16-15-27-53(54)55/h5-16,18-34,36-37,42,53H,17,35H2,1-4H3/b43-38+,56-50-/t36?,37?,42?,53?,54?,55-/m1/s1. The molecule has 10 rings (SSSR count). The van der Waals surface area contributed by atoms with E-state index in [0.29, 0.717) is 11.8 Å². The van der Waals surface area contributed by atoms with Crippen LogP contribution in [0.4, 0.5) is 0 Å². The van der Waals surface area contributed by atoms with Gasteiger partial charge in [0.05, 0.1) is 17.7 Å². The van der Waals surface area contributed by atoms with Crippen LogP contribution in [-0.4, -0.2) is 12.3 Å². The molecule has 280 valence electrons. The normalized spacial score (nSPS) is 29.0. The lowest BCUT2D eigenvalue weighted by atomic mass is 9.59. The molecule has 1 aliphatic heterocycles. The number of fused-ring (bicyclic) bond motifs is 9. The van der Waals surface area contributed by atoms with Crippen LogP contribution >= 0.6 is 0 Å². The molecule has 2 nitrogen and oxygen atoms in total. The molecule has 57 heavy (non-hydrogen) atoms. The number of para-hydroxylation sites is 1. The van der Waals surface area contributed by atoms with E-state index in [-0.39, 0.29) is 17.3 Å². The van der Waals surface area contributed by atoms with Crippen LogP contribution in [0, 0.1) is 23.7 Å². The molecule has 4 aromatic rings. The molecule has 5 unspecified atom stereocenters. The maximum Gasteiger partial charge on any atom is 0.131 e. The van der Waals surface area contributed by atoms with E-state index in [0.717, 1.165) is 30.2 Å². The Morgan fingerprint density at radius 3 is 2.33 bits per heavy atom. The van der Waals surface area contributed by atoms with Gasteiger partial charge in [-0.25, -0.2) is 0 Å². The fourth-order valence-electron chi connectivity index (χ4n) is 10.7. The Balaban J connectivity index is 1.03. The molecular weight excluding hydrogens is 691 g/mol. The summed E-state index contributed by atoms with van der Waals surface area (Å²) in [6, 6.07) is 33.7. The van der Waals surface area contributed by atoms with E-state index in [9.17, 15) is 0 Å². The summed E-state index contributed by atoms with van der Waals surface area (Å²) in [5.41, 5.74) is 14.7. The summed E-state index contributed by atoms with van der Waals surface area (Å²) in [6.07, 6.45) is 33.0. The van der Waals surface area contributed by atoms with Crippen molar-refractivity contribution < 1.29 is 4.74 Å². The van der Waals surface area contributed by atoms with Gasteiger partial charge in [-0.15, -0.1) is 0 Å². The Bertz CT molecular complexity index is 2630. The number of allylic oxidation sites excluding steroid dienone is 17. The first-order chi connectivity index (χ1) is 27.9. The van der Waals surface area contributed by atoms with E-state index in [1.54, 1.807) is 0 Å². The van der Waals surface area contributed by atoms with Crippen molar-refractivity contribution in [2.24, 2.45) is 28.7 Å². The van der Waals surface area contributed by atoms with Crippen molar-refractivity contribution in [2.75, 3.05) is 6.54 Å². The predicted octanol–water partition coefficient (Wildman–Crippen LogP) is 13.4. The smallest absolute Gasteiger partial charge is 0.131 e. The van der Waals surface area contributed by atoms with Crippen molar-refractivity contribution >= 4 is 11.3 Å². The summed E-state index contributed by atoms with van der Waals surface area (Å²) in [4.78, 5) is 5.16. The van der Waals surface area contributed by atoms with Gasteiger partial charge in [0.15, 0.2) is 0 Å². The highest BCUT2D eigenvalue weighted by Gasteiger charge is 2.61. The number of hydrogen-bond acceptors (Lipinski definition) is 2. The molecule has 0 saturated carbocycles. The van der Waals surface area contributed by atoms with Gasteiger partial charge in [0, 0.05) is 28.4 Å². The Morgan fingerprint density at radius 2 is 1.49 bits per heavy atom. The van der Waals surface area contributed by atoms with Crippen LogP contribution in [0.3, 0.4) is 0 Å². The van der Waals surface area contributed by atoms with Crippen LogP contribution in [0.5, 0.6) is 11.5 Å². The van der Waals surface area contributed by atoms with Gasteiger partial charge in [0.25, 0.3) is 0 Å². The molecule has 0 saturated heterocycles. The van der Waals surface area contributed by atoms with Gasteiger partial charge in [0.2, 0.25) is 0 Å². The average Bonchev–Trinajstić information content (AvgIpc) is 3.48. The van der Waals surface area contributed by atoms with Crippen molar-refractivity contribution in [1.29, 1.82) is 0 Å². The van der Waals surface area contributed by atoms with E-state index in [1.807, 2.05) is 0 Å². The topological polar surface area (TPSA) is 21.6 Å². The van der Waals surface area contributed by atoms with E-state index < -0.39 is 5.41 Å². The van der Waals surface area contributed by atoms with Gasteiger partial charge in [0.1, 0.15) is 11.5 Å². The quantitative estimate of drug-likeness (QED) is 0.200. The first-order valence-electron chi connectivity index (χ1n) is 20.7. The molecule has 6 aliphatic rings. The summed E-state index contributed by atoms with van der Waals surface area (Å²) in [6.45, 7) is 10.1. The number of aliphatic imine (C=N–C) groups is 1. The second-order valence-corrected chi connectivity index (χ2v) is 16.9. The van der Waals surface area contributed by atoms with Gasteiger partial charge in [-0.3, -0.25) is 4.99 Å². The van der Waals surface area contributed by atoms with Crippen molar-refractivity contribution in [1.82, 2.24) is 0 Å². The predicted molar refractivity (Wildman–Crippen MR) is 238 cm³/mol. The number of nitrogens with zero attached hydrogens (tertiary/aromatic N) is 1. The fraction of sp³-hybridized carbons (Fsp3) is 0.218. The molecular formula is C55H49NO. The van der Waals surface area contributed by atoms with Gasteiger partial charge in [-0.05, 0) is 94.0 Å². The van der Waals surface area contributed by atoms with Crippen molar-refractivity contribution in [3.8, 4) is 22.6 Å². The molecule has 0 bridgehead atoms. The van der Waals surface area contributed by atoms with Crippen LogP contribution in [0.1, 0.15) is 61.9 Å². The van der Waals surface area contributed by atoms with Crippen molar-refractivity contribution in [3.63, 3.8) is 0 Å². The Kier molecular flexibility index (Phi) is 8.63. The fourth-order valence-corrected chi connectivity index (χ4v) is 10.7. The average molecular weight is 740 g/mol. The first kappa shape index (κ1) is 35.4. The SMILES string of the molecule is C/C(=C1/C=CC=C/C1=N/CC1=CC=CCC1C)C1C=CC(c2ccccc2-c2ccc3c(c2)[C@]2(c4ccccc4O3)c3ccccc3C3(C)C=CC=CC32)=CC1C. The molecule has 5 aliphatic carbocycles. The number of hydrogen-bond donors (Lipinski definition) is 0. The second-order valence-electron chi connectivity index (χ2n) is 16.9. The zero-order chi connectivity index (χ0) is 38.7. The van der Waals surface area contributed by atoms with Gasteiger partial charge >= 0.3 is 0 Å². The van der Waals surface area contributed by atoms with Crippen LogP contribution in [-0.2, 0) is 10.8 Å².